The standard InChI is InChI=1S/C25H24F2N2OS/c1-17-12-18(14-19(26)13-17)25(15-22-21(24(25)30)5-2-6-23(22)27)29-9-7-28(8-10-29)16-20-4-3-11-31-20/h2-6,11-14H,7-10,15-16H2,1H3. The molecule has 160 valence electrons. The zero-order chi connectivity index (χ0) is 21.6. The first-order chi connectivity index (χ1) is 15.0. The van der Waals surface area contributed by atoms with E-state index in [1.54, 1.807) is 23.5 Å². The molecule has 1 fully saturated rings. The van der Waals surface area contributed by atoms with Crippen LogP contribution >= 0.6 is 11.3 Å². The molecule has 0 N–H and O–H groups in total. The summed E-state index contributed by atoms with van der Waals surface area (Å²) in [5.74, 6) is -0.856. The maximum Gasteiger partial charge on any atom is 0.188 e. The third-order valence-corrected chi connectivity index (χ3v) is 7.42. The number of rotatable bonds is 4. The smallest absolute Gasteiger partial charge is 0.188 e. The lowest BCUT2D eigenvalue weighted by Crippen LogP contribution is -2.58. The number of ketones is 1. The minimum Gasteiger partial charge on any atom is -0.296 e. The van der Waals surface area contributed by atoms with Crippen molar-refractivity contribution in [3.63, 3.8) is 0 Å². The quantitative estimate of drug-likeness (QED) is 0.585. The molecule has 5 rings (SSSR count). The summed E-state index contributed by atoms with van der Waals surface area (Å²) in [5, 5.41) is 2.08. The largest absolute Gasteiger partial charge is 0.296 e. The highest BCUT2D eigenvalue weighted by molar-refractivity contribution is 7.09. The van der Waals surface area contributed by atoms with Gasteiger partial charge in [0.1, 0.15) is 17.2 Å². The van der Waals surface area contributed by atoms with E-state index in [0.717, 1.165) is 25.2 Å². The summed E-state index contributed by atoms with van der Waals surface area (Å²) in [6.45, 7) is 5.66. The highest BCUT2D eigenvalue weighted by atomic mass is 32.1. The van der Waals surface area contributed by atoms with Crippen molar-refractivity contribution in [3.8, 4) is 0 Å². The highest BCUT2D eigenvalue weighted by Crippen LogP contribution is 2.44. The molecule has 2 aliphatic rings. The Balaban J connectivity index is 1.51. The number of nitrogens with zero attached hydrogens (tertiary/aromatic N) is 2. The summed E-state index contributed by atoms with van der Waals surface area (Å²) in [7, 11) is 0. The van der Waals surface area contributed by atoms with E-state index in [0.29, 0.717) is 29.8 Å². The van der Waals surface area contributed by atoms with Gasteiger partial charge in [-0.3, -0.25) is 14.6 Å². The molecule has 3 aromatic rings. The first-order valence-corrected chi connectivity index (χ1v) is 11.4. The molecule has 1 aromatic heterocycles. The Morgan fingerprint density at radius 1 is 1.03 bits per heavy atom. The molecule has 6 heteroatoms. The SMILES string of the molecule is Cc1cc(F)cc(C2(N3CCN(Cc4cccs4)CC3)Cc3c(F)cccc3C2=O)c1. The van der Waals surface area contributed by atoms with Gasteiger partial charge in [0.05, 0.1) is 0 Å². The first kappa shape index (κ1) is 20.5. The van der Waals surface area contributed by atoms with Gasteiger partial charge in [-0.05, 0) is 47.7 Å². The summed E-state index contributed by atoms with van der Waals surface area (Å²) in [4.78, 5) is 19.6. The second kappa shape index (κ2) is 7.93. The number of benzene rings is 2. The third kappa shape index (κ3) is 3.53. The maximum absolute atomic E-state index is 14.7. The number of aryl methyl sites for hydroxylation is 1. The molecule has 1 aliphatic heterocycles. The Hall–Kier alpha value is -2.41. The molecule has 31 heavy (non-hydrogen) atoms. The average molecular weight is 439 g/mol. The van der Waals surface area contributed by atoms with E-state index in [-0.39, 0.29) is 23.8 Å². The van der Waals surface area contributed by atoms with Crippen LogP contribution in [-0.2, 0) is 18.5 Å². The fourth-order valence-electron chi connectivity index (χ4n) is 5.07. The van der Waals surface area contributed by atoms with Crippen molar-refractivity contribution >= 4 is 17.1 Å². The summed E-state index contributed by atoms with van der Waals surface area (Å²) < 4.78 is 29.1. The first-order valence-electron chi connectivity index (χ1n) is 10.6. The molecule has 1 aliphatic carbocycles. The van der Waals surface area contributed by atoms with Crippen molar-refractivity contribution in [2.45, 2.75) is 25.4 Å². The monoisotopic (exact) mass is 438 g/mol. The van der Waals surface area contributed by atoms with Crippen LogP contribution in [0.5, 0.6) is 0 Å². The lowest BCUT2D eigenvalue weighted by Gasteiger charge is -2.45. The molecule has 0 saturated carbocycles. The molecular weight excluding hydrogens is 414 g/mol. The van der Waals surface area contributed by atoms with Gasteiger partial charge in [-0.1, -0.05) is 24.3 Å². The van der Waals surface area contributed by atoms with Gasteiger partial charge >= 0.3 is 0 Å². The molecule has 2 aromatic carbocycles. The topological polar surface area (TPSA) is 23.6 Å². The van der Waals surface area contributed by atoms with Gasteiger partial charge in [0, 0.05) is 55.1 Å². The van der Waals surface area contributed by atoms with Gasteiger partial charge in [-0.25, -0.2) is 8.78 Å². The predicted octanol–water partition coefficient (Wildman–Crippen LogP) is 4.79. The van der Waals surface area contributed by atoms with E-state index in [1.807, 2.05) is 13.0 Å². The van der Waals surface area contributed by atoms with Crippen molar-refractivity contribution in [2.75, 3.05) is 26.2 Å². The molecule has 1 atom stereocenters. The van der Waals surface area contributed by atoms with E-state index >= 15 is 0 Å². The second-order valence-corrected chi connectivity index (χ2v) is 9.52. The molecule has 0 radical (unpaired) electrons. The molecule has 3 nitrogen and oxygen atoms in total. The van der Waals surface area contributed by atoms with Gasteiger partial charge < -0.3 is 0 Å². The van der Waals surface area contributed by atoms with Crippen LogP contribution in [-0.4, -0.2) is 41.8 Å². The van der Waals surface area contributed by atoms with E-state index in [1.165, 1.54) is 23.1 Å². The zero-order valence-electron chi connectivity index (χ0n) is 17.4. The highest BCUT2D eigenvalue weighted by Gasteiger charge is 2.52. The van der Waals surface area contributed by atoms with Crippen LogP contribution < -0.4 is 0 Å². The Morgan fingerprint density at radius 3 is 2.52 bits per heavy atom. The van der Waals surface area contributed by atoms with Crippen LogP contribution in [0.25, 0.3) is 0 Å². The minimum absolute atomic E-state index is 0.126. The summed E-state index contributed by atoms with van der Waals surface area (Å²) in [6, 6.07) is 13.7. The van der Waals surface area contributed by atoms with Crippen LogP contribution in [0, 0.1) is 18.6 Å². The molecule has 0 bridgehead atoms. The Morgan fingerprint density at radius 2 is 1.84 bits per heavy atom. The van der Waals surface area contributed by atoms with Crippen molar-refractivity contribution in [1.29, 1.82) is 0 Å². The zero-order valence-corrected chi connectivity index (χ0v) is 18.2. The van der Waals surface area contributed by atoms with E-state index < -0.39 is 5.54 Å². The van der Waals surface area contributed by atoms with Crippen LogP contribution in [0.4, 0.5) is 8.78 Å². The van der Waals surface area contributed by atoms with Gasteiger partial charge in [-0.15, -0.1) is 11.3 Å². The Labute approximate surface area is 184 Å². The normalized spacial score (nSPS) is 22.1. The average Bonchev–Trinajstić information content (AvgIpc) is 3.36. The number of carbonyl (C=O) groups excluding carboxylic acids is 1. The summed E-state index contributed by atoms with van der Waals surface area (Å²) in [5.41, 5.74) is 1.18. The predicted molar refractivity (Wildman–Crippen MR) is 118 cm³/mol. The van der Waals surface area contributed by atoms with E-state index in [4.69, 9.17) is 0 Å². The van der Waals surface area contributed by atoms with Crippen LogP contribution in [0.3, 0.4) is 0 Å². The third-order valence-electron chi connectivity index (χ3n) is 6.56. The minimum atomic E-state index is -1.06. The van der Waals surface area contributed by atoms with E-state index in [9.17, 15) is 13.6 Å². The molecule has 0 spiro atoms. The lowest BCUT2D eigenvalue weighted by molar-refractivity contribution is 0.0288. The molecular formula is C25H24F2N2OS. The van der Waals surface area contributed by atoms with Crippen LogP contribution in [0.1, 0.15) is 31.9 Å². The number of hydrogen-bond donors (Lipinski definition) is 0. The van der Waals surface area contributed by atoms with Gasteiger partial charge in [-0.2, -0.15) is 0 Å². The Kier molecular flexibility index (Phi) is 5.24. The van der Waals surface area contributed by atoms with Crippen molar-refractivity contribution in [1.82, 2.24) is 9.80 Å². The van der Waals surface area contributed by atoms with Crippen molar-refractivity contribution < 1.29 is 13.6 Å². The number of halogens is 2. The summed E-state index contributed by atoms with van der Waals surface area (Å²) >= 11 is 1.74. The molecule has 0 amide bonds. The van der Waals surface area contributed by atoms with Crippen molar-refractivity contribution in [2.24, 2.45) is 0 Å². The fraction of sp³-hybridized carbons (Fsp3) is 0.320. The molecule has 1 unspecified atom stereocenters. The molecule has 2 heterocycles. The maximum atomic E-state index is 14.7. The Bertz CT molecular complexity index is 1100. The number of hydrogen-bond acceptors (Lipinski definition) is 4. The summed E-state index contributed by atoms with van der Waals surface area (Å²) in [6.07, 6.45) is 0.238. The van der Waals surface area contributed by atoms with Gasteiger partial charge in [0.15, 0.2) is 5.78 Å². The molecule has 1 saturated heterocycles. The van der Waals surface area contributed by atoms with E-state index in [2.05, 4.69) is 27.3 Å². The van der Waals surface area contributed by atoms with Crippen LogP contribution in [0.2, 0.25) is 0 Å². The van der Waals surface area contributed by atoms with Gasteiger partial charge in [0.25, 0.3) is 0 Å². The van der Waals surface area contributed by atoms with Crippen LogP contribution in [0.15, 0.2) is 53.9 Å². The lowest BCUT2D eigenvalue weighted by atomic mass is 9.82. The number of Topliss-reactive ketones (excluding diaryl/α,β-unsaturated/α-hetero) is 1. The van der Waals surface area contributed by atoms with Gasteiger partial charge in [0.2, 0.25) is 0 Å². The number of carbonyl (C=O) groups is 1. The number of fused-ring (bicyclic) bond motifs is 1. The van der Waals surface area contributed by atoms with Crippen molar-refractivity contribution in [3.05, 3.63) is 92.7 Å². The number of piperazine rings is 1. The second-order valence-electron chi connectivity index (χ2n) is 8.49. The number of thiophene rings is 1. The fourth-order valence-corrected chi connectivity index (χ4v) is 5.81.